The van der Waals surface area contributed by atoms with E-state index >= 15 is 0 Å². The predicted octanol–water partition coefficient (Wildman–Crippen LogP) is 3.40. The fourth-order valence-corrected chi connectivity index (χ4v) is 4.34. The molecule has 0 spiro atoms. The van der Waals surface area contributed by atoms with Gasteiger partial charge in [0.15, 0.2) is 0 Å². The van der Waals surface area contributed by atoms with Gasteiger partial charge < -0.3 is 4.74 Å². The Hall–Kier alpha value is -3.19. The van der Waals surface area contributed by atoms with Crippen LogP contribution >= 0.6 is 0 Å². The first-order valence-electron chi connectivity index (χ1n) is 8.17. The van der Waals surface area contributed by atoms with Crippen molar-refractivity contribution in [3.63, 3.8) is 0 Å². The number of aromatic nitrogens is 1. The molecule has 1 aromatic heterocycles. The van der Waals surface area contributed by atoms with E-state index in [2.05, 4.69) is 14.4 Å². The minimum atomic E-state index is -3.86. The number of hydrogen-bond acceptors (Lipinski definition) is 5. The molecule has 6 nitrogen and oxygen atoms in total. The molecule has 27 heavy (non-hydrogen) atoms. The molecule has 0 bridgehead atoms. The number of ether oxygens (including phenoxy) is 1. The summed E-state index contributed by atoms with van der Waals surface area (Å²) in [6.07, 6.45) is 1.35. The molecule has 0 unspecified atom stereocenters. The van der Waals surface area contributed by atoms with Crippen LogP contribution in [0.25, 0.3) is 0 Å². The van der Waals surface area contributed by atoms with Crippen molar-refractivity contribution in [3.8, 4) is 0 Å². The molecule has 0 radical (unpaired) electrons. The van der Waals surface area contributed by atoms with Crippen LogP contribution in [-0.2, 0) is 14.8 Å². The number of nitrogens with one attached hydrogen (secondary N) is 1. The van der Waals surface area contributed by atoms with Gasteiger partial charge in [-0.25, -0.2) is 18.2 Å². The van der Waals surface area contributed by atoms with Crippen LogP contribution < -0.4 is 4.72 Å². The zero-order valence-corrected chi connectivity index (χ0v) is 15.4. The summed E-state index contributed by atoms with van der Waals surface area (Å²) in [5, 5.41) is -0.908. The summed E-state index contributed by atoms with van der Waals surface area (Å²) in [7, 11) is -2.62. The van der Waals surface area contributed by atoms with Gasteiger partial charge in [-0.1, -0.05) is 60.7 Å². The van der Waals surface area contributed by atoms with Crippen molar-refractivity contribution in [3.05, 3.63) is 95.8 Å². The van der Waals surface area contributed by atoms with Crippen LogP contribution in [0.3, 0.4) is 0 Å². The van der Waals surface area contributed by atoms with Crippen molar-refractivity contribution in [1.29, 1.82) is 0 Å². The van der Waals surface area contributed by atoms with Gasteiger partial charge in [0, 0.05) is 6.20 Å². The van der Waals surface area contributed by atoms with Crippen LogP contribution in [0, 0.1) is 0 Å². The number of carbonyl (C=O) groups is 1. The minimum Gasteiger partial charge on any atom is -0.464 e. The molecule has 0 aliphatic heterocycles. The van der Waals surface area contributed by atoms with E-state index in [1.165, 1.54) is 25.4 Å². The van der Waals surface area contributed by atoms with Gasteiger partial charge >= 0.3 is 5.97 Å². The largest absolute Gasteiger partial charge is 0.464 e. The lowest BCUT2D eigenvalue weighted by Crippen LogP contribution is -2.22. The Morgan fingerprint density at radius 2 is 1.52 bits per heavy atom. The number of carbonyl (C=O) groups excluding carboxylic acids is 1. The van der Waals surface area contributed by atoms with Crippen LogP contribution in [0.1, 0.15) is 26.9 Å². The number of nitrogens with zero attached hydrogens (tertiary/aromatic N) is 1. The topological polar surface area (TPSA) is 85.4 Å². The second-order valence-electron chi connectivity index (χ2n) is 5.77. The number of sulfonamides is 1. The summed E-state index contributed by atoms with van der Waals surface area (Å²) < 4.78 is 33.6. The third-order valence-electron chi connectivity index (χ3n) is 3.93. The van der Waals surface area contributed by atoms with Crippen molar-refractivity contribution in [2.24, 2.45) is 0 Å². The summed E-state index contributed by atoms with van der Waals surface area (Å²) in [6.45, 7) is 0. The van der Waals surface area contributed by atoms with Gasteiger partial charge in [0.1, 0.15) is 10.9 Å². The minimum absolute atomic E-state index is 0.0219. The molecule has 1 N–H and O–H groups in total. The van der Waals surface area contributed by atoms with Gasteiger partial charge in [0.2, 0.25) is 10.0 Å². The number of anilines is 1. The summed E-state index contributed by atoms with van der Waals surface area (Å²) in [4.78, 5) is 15.5. The van der Waals surface area contributed by atoms with Gasteiger partial charge in [-0.05, 0) is 23.3 Å². The fourth-order valence-electron chi connectivity index (χ4n) is 2.74. The number of hydrogen-bond donors (Lipinski definition) is 1. The average molecular weight is 382 g/mol. The third-order valence-corrected chi connectivity index (χ3v) is 5.61. The molecular formula is C20H18N2O4S. The molecule has 0 amide bonds. The zero-order valence-electron chi connectivity index (χ0n) is 14.6. The lowest BCUT2D eigenvalue weighted by Gasteiger charge is -2.20. The summed E-state index contributed by atoms with van der Waals surface area (Å²) in [5.74, 6) is -0.640. The van der Waals surface area contributed by atoms with Gasteiger partial charge in [-0.15, -0.1) is 0 Å². The molecule has 0 aliphatic carbocycles. The van der Waals surface area contributed by atoms with Gasteiger partial charge in [-0.2, -0.15) is 0 Å². The van der Waals surface area contributed by atoms with Gasteiger partial charge in [0.25, 0.3) is 0 Å². The van der Waals surface area contributed by atoms with Crippen LogP contribution in [0.5, 0.6) is 0 Å². The van der Waals surface area contributed by atoms with E-state index in [0.717, 1.165) is 0 Å². The maximum atomic E-state index is 13.2. The second-order valence-corrected chi connectivity index (χ2v) is 7.54. The number of rotatable bonds is 6. The SMILES string of the molecule is COC(=O)c1cc(NS(=O)(=O)C(c2ccccc2)c2ccccc2)ccn1. The van der Waals surface area contributed by atoms with Crippen LogP contribution in [0.2, 0.25) is 0 Å². The van der Waals surface area contributed by atoms with Crippen molar-refractivity contribution >= 4 is 21.7 Å². The number of benzene rings is 2. The maximum Gasteiger partial charge on any atom is 0.356 e. The first-order chi connectivity index (χ1) is 13.0. The van der Waals surface area contributed by atoms with E-state index in [1.807, 2.05) is 12.1 Å². The summed E-state index contributed by atoms with van der Waals surface area (Å²) >= 11 is 0. The Balaban J connectivity index is 2.01. The van der Waals surface area contributed by atoms with E-state index in [0.29, 0.717) is 11.1 Å². The van der Waals surface area contributed by atoms with Crippen LogP contribution in [0.4, 0.5) is 5.69 Å². The standard InChI is InChI=1S/C20H18N2O4S/c1-26-20(23)18-14-17(12-13-21-18)22-27(24,25)19(15-8-4-2-5-9-15)16-10-6-3-7-11-16/h2-14,19H,1H3,(H,21,22). The summed E-state index contributed by atoms with van der Waals surface area (Å²) in [6, 6.07) is 20.7. The molecule has 0 aliphatic rings. The fraction of sp³-hybridized carbons (Fsp3) is 0.100. The van der Waals surface area contributed by atoms with E-state index in [9.17, 15) is 13.2 Å². The maximum absolute atomic E-state index is 13.2. The molecule has 0 fully saturated rings. The van der Waals surface area contributed by atoms with E-state index < -0.39 is 21.2 Å². The van der Waals surface area contributed by atoms with Crippen molar-refractivity contribution in [2.75, 3.05) is 11.8 Å². The van der Waals surface area contributed by atoms with Crippen molar-refractivity contribution in [1.82, 2.24) is 4.98 Å². The molecule has 0 saturated carbocycles. The second kappa shape index (κ2) is 8.01. The molecule has 138 valence electrons. The van der Waals surface area contributed by atoms with E-state index in [-0.39, 0.29) is 11.4 Å². The number of methoxy groups -OCH3 is 1. The van der Waals surface area contributed by atoms with E-state index in [4.69, 9.17) is 0 Å². The highest BCUT2D eigenvalue weighted by Gasteiger charge is 2.29. The zero-order chi connectivity index (χ0) is 19.3. The molecule has 3 rings (SSSR count). The smallest absolute Gasteiger partial charge is 0.356 e. The van der Waals surface area contributed by atoms with Crippen LogP contribution in [0.15, 0.2) is 79.0 Å². The highest BCUT2D eigenvalue weighted by molar-refractivity contribution is 7.93. The van der Waals surface area contributed by atoms with Gasteiger partial charge in [0.05, 0.1) is 12.8 Å². The van der Waals surface area contributed by atoms with Gasteiger partial charge in [-0.3, -0.25) is 4.72 Å². The first kappa shape index (κ1) is 18.6. The predicted molar refractivity (Wildman–Crippen MR) is 103 cm³/mol. The van der Waals surface area contributed by atoms with E-state index in [1.54, 1.807) is 48.5 Å². The lowest BCUT2D eigenvalue weighted by atomic mass is 10.0. The number of esters is 1. The average Bonchev–Trinajstić information content (AvgIpc) is 2.69. The highest BCUT2D eigenvalue weighted by atomic mass is 32.2. The molecule has 0 saturated heterocycles. The Kier molecular flexibility index (Phi) is 5.52. The summed E-state index contributed by atoms with van der Waals surface area (Å²) in [5.41, 5.74) is 1.54. The lowest BCUT2D eigenvalue weighted by molar-refractivity contribution is 0.0594. The quantitative estimate of drug-likeness (QED) is 0.661. The first-order valence-corrected chi connectivity index (χ1v) is 9.72. The molecule has 1 heterocycles. The highest BCUT2D eigenvalue weighted by Crippen LogP contribution is 2.31. The third kappa shape index (κ3) is 4.32. The molecular weight excluding hydrogens is 364 g/mol. The monoisotopic (exact) mass is 382 g/mol. The Morgan fingerprint density at radius 1 is 0.963 bits per heavy atom. The molecule has 0 atom stereocenters. The molecule has 7 heteroatoms. The number of pyridine rings is 1. The van der Waals surface area contributed by atoms with Crippen LogP contribution in [-0.4, -0.2) is 26.5 Å². The Morgan fingerprint density at radius 3 is 2.04 bits per heavy atom. The molecule has 2 aromatic carbocycles. The Labute approximate surface area is 157 Å². The normalized spacial score (nSPS) is 11.2. The van der Waals surface area contributed by atoms with Crippen molar-refractivity contribution < 1.29 is 17.9 Å². The molecule has 3 aromatic rings. The Bertz CT molecular complexity index is 983. The van der Waals surface area contributed by atoms with Crippen molar-refractivity contribution in [2.45, 2.75) is 5.25 Å².